The smallest absolute Gasteiger partial charge is 0.413 e. The van der Waals surface area contributed by atoms with Gasteiger partial charge in [-0.15, -0.1) is 0 Å². The number of carbonyl (C=O) groups is 1. The number of ether oxygens (including phenoxy) is 1. The Labute approximate surface area is 117 Å². The minimum absolute atomic E-state index is 0.134. The summed E-state index contributed by atoms with van der Waals surface area (Å²) in [5.74, 6) is 1.31. The number of aryl methyl sites for hydroxylation is 2. The predicted molar refractivity (Wildman–Crippen MR) is 75.8 cm³/mol. The number of aromatic nitrogens is 2. The molecule has 0 saturated carbocycles. The highest BCUT2D eigenvalue weighted by molar-refractivity contribution is 7.80. The van der Waals surface area contributed by atoms with Gasteiger partial charge in [0.2, 0.25) is 0 Å². The van der Waals surface area contributed by atoms with Crippen molar-refractivity contribution in [2.75, 3.05) is 18.7 Å². The molecule has 7 nitrogen and oxygen atoms in total. The van der Waals surface area contributed by atoms with E-state index in [1.165, 1.54) is 0 Å². The van der Waals surface area contributed by atoms with Crippen molar-refractivity contribution in [2.45, 2.75) is 20.8 Å². The fourth-order valence-corrected chi connectivity index (χ4v) is 1.59. The lowest BCUT2D eigenvalue weighted by Crippen LogP contribution is -2.47. The minimum Gasteiger partial charge on any atom is -0.450 e. The predicted octanol–water partition coefficient (Wildman–Crippen LogP) is 1.07. The van der Waals surface area contributed by atoms with Crippen LogP contribution in [0.4, 0.5) is 10.6 Å². The molecule has 0 aliphatic carbocycles. The summed E-state index contributed by atoms with van der Waals surface area (Å²) in [6, 6.07) is 1.80. The van der Waals surface area contributed by atoms with Gasteiger partial charge in [0.1, 0.15) is 5.82 Å². The van der Waals surface area contributed by atoms with Crippen LogP contribution in [0.3, 0.4) is 0 Å². The molecule has 0 aliphatic heterocycles. The van der Waals surface area contributed by atoms with Crippen LogP contribution in [0.15, 0.2) is 6.07 Å². The Hall–Kier alpha value is -1.96. The largest absolute Gasteiger partial charge is 0.450 e. The number of carbonyl (C=O) groups excluding carboxylic acids is 1. The molecular weight excluding hydrogens is 266 g/mol. The summed E-state index contributed by atoms with van der Waals surface area (Å²) >= 11 is 4.98. The lowest BCUT2D eigenvalue weighted by atomic mass is 10.4. The highest BCUT2D eigenvalue weighted by Gasteiger charge is 2.09. The van der Waals surface area contributed by atoms with Crippen LogP contribution in [0.2, 0.25) is 0 Å². The second-order valence-corrected chi connectivity index (χ2v) is 4.17. The maximum Gasteiger partial charge on any atom is 0.413 e. The van der Waals surface area contributed by atoms with E-state index in [2.05, 4.69) is 20.7 Å². The highest BCUT2D eigenvalue weighted by atomic mass is 32.1. The van der Waals surface area contributed by atoms with Crippen molar-refractivity contribution in [3.8, 4) is 0 Å². The van der Waals surface area contributed by atoms with Crippen LogP contribution in [0, 0.1) is 13.8 Å². The van der Waals surface area contributed by atoms with E-state index in [-0.39, 0.29) is 11.7 Å². The summed E-state index contributed by atoms with van der Waals surface area (Å²) in [4.78, 5) is 19.6. The van der Waals surface area contributed by atoms with Gasteiger partial charge in [0.15, 0.2) is 10.9 Å². The number of nitrogens with one attached hydrogen (secondary N) is 2. The number of nitrogens with zero attached hydrogens (tertiary/aromatic N) is 3. The second kappa shape index (κ2) is 6.83. The summed E-state index contributed by atoms with van der Waals surface area (Å²) in [7, 11) is 1.74. The zero-order valence-electron chi connectivity index (χ0n) is 11.4. The van der Waals surface area contributed by atoms with Gasteiger partial charge in [0, 0.05) is 18.8 Å². The first-order valence-corrected chi connectivity index (χ1v) is 6.13. The van der Waals surface area contributed by atoms with Crippen molar-refractivity contribution in [1.82, 2.24) is 20.7 Å². The zero-order chi connectivity index (χ0) is 14.4. The van der Waals surface area contributed by atoms with Crippen LogP contribution in [0.5, 0.6) is 0 Å². The van der Waals surface area contributed by atoms with Crippen LogP contribution < -0.4 is 15.8 Å². The topological polar surface area (TPSA) is 79.4 Å². The summed E-state index contributed by atoms with van der Waals surface area (Å²) in [5, 5.41) is 4.11. The van der Waals surface area contributed by atoms with Gasteiger partial charge < -0.3 is 4.74 Å². The van der Waals surface area contributed by atoms with E-state index in [4.69, 9.17) is 17.0 Å². The Bertz CT molecular complexity index is 460. The van der Waals surface area contributed by atoms with Gasteiger partial charge in [-0.05, 0) is 33.0 Å². The maximum absolute atomic E-state index is 11.2. The van der Waals surface area contributed by atoms with Gasteiger partial charge in [-0.25, -0.2) is 14.8 Å². The molecule has 0 bridgehead atoms. The number of hydrazine groups is 1. The molecule has 0 saturated heterocycles. The third kappa shape index (κ3) is 5.04. The number of hydrogen-bond donors (Lipinski definition) is 2. The minimum atomic E-state index is -0.594. The van der Waals surface area contributed by atoms with Crippen LogP contribution >= 0.6 is 12.2 Å². The molecule has 1 aromatic heterocycles. The van der Waals surface area contributed by atoms with Gasteiger partial charge in [-0.3, -0.25) is 15.8 Å². The van der Waals surface area contributed by atoms with E-state index in [0.29, 0.717) is 11.6 Å². The molecule has 1 aromatic rings. The van der Waals surface area contributed by atoms with Crippen molar-refractivity contribution >= 4 is 29.2 Å². The van der Waals surface area contributed by atoms with Gasteiger partial charge in [-0.2, -0.15) is 0 Å². The average Bonchev–Trinajstić information content (AvgIpc) is 2.27. The molecular formula is C11H17N5O2S. The Morgan fingerprint density at radius 3 is 2.74 bits per heavy atom. The highest BCUT2D eigenvalue weighted by Crippen LogP contribution is 2.08. The number of thiocarbonyl (C=S) groups is 1. The number of amides is 1. The van der Waals surface area contributed by atoms with Crippen molar-refractivity contribution < 1.29 is 9.53 Å². The zero-order valence-corrected chi connectivity index (χ0v) is 12.2. The summed E-state index contributed by atoms with van der Waals surface area (Å²) in [5.41, 5.74) is 3.65. The normalized spacial score (nSPS) is 9.68. The maximum atomic E-state index is 11.2. The van der Waals surface area contributed by atoms with Crippen LogP contribution in [0.1, 0.15) is 18.4 Å². The van der Waals surface area contributed by atoms with E-state index in [1.54, 1.807) is 32.0 Å². The third-order valence-corrected chi connectivity index (χ3v) is 2.25. The van der Waals surface area contributed by atoms with Gasteiger partial charge in [-0.1, -0.05) is 0 Å². The number of anilines is 1. The molecule has 2 N–H and O–H groups in total. The molecule has 0 spiro atoms. The molecule has 19 heavy (non-hydrogen) atoms. The van der Waals surface area contributed by atoms with Crippen LogP contribution in [-0.4, -0.2) is 34.8 Å². The Kier molecular flexibility index (Phi) is 5.43. The monoisotopic (exact) mass is 283 g/mol. The van der Waals surface area contributed by atoms with Crippen molar-refractivity contribution in [2.24, 2.45) is 0 Å². The third-order valence-electron chi connectivity index (χ3n) is 2.06. The van der Waals surface area contributed by atoms with Crippen molar-refractivity contribution in [3.63, 3.8) is 0 Å². The molecule has 0 aliphatic rings. The fourth-order valence-electron chi connectivity index (χ4n) is 1.37. The molecule has 1 rings (SSSR count). The molecule has 1 heterocycles. The first-order valence-electron chi connectivity index (χ1n) is 5.72. The van der Waals surface area contributed by atoms with Crippen molar-refractivity contribution in [1.29, 1.82) is 0 Å². The molecule has 104 valence electrons. The Morgan fingerprint density at radius 2 is 2.16 bits per heavy atom. The first-order chi connectivity index (χ1) is 8.92. The van der Waals surface area contributed by atoms with Gasteiger partial charge in [0.25, 0.3) is 0 Å². The summed E-state index contributed by atoms with van der Waals surface area (Å²) in [6.07, 6.45) is -0.594. The Balaban J connectivity index is 2.61. The first kappa shape index (κ1) is 15.1. The molecule has 0 radical (unpaired) electrons. The number of rotatable bonds is 3. The summed E-state index contributed by atoms with van der Waals surface area (Å²) in [6.45, 7) is 5.68. The molecule has 0 fully saturated rings. The van der Waals surface area contributed by atoms with E-state index in [0.717, 1.165) is 5.69 Å². The Morgan fingerprint density at radius 1 is 1.47 bits per heavy atom. The van der Waals surface area contributed by atoms with Crippen LogP contribution in [0.25, 0.3) is 0 Å². The standard InChI is InChI=1S/C11H17N5O2S/c1-5-18-11(17)14-10(19)15-16(4)9-6-7(2)12-8(3)13-9/h6H,5H2,1-4H3,(H2,14,15,17,19). The van der Waals surface area contributed by atoms with E-state index in [9.17, 15) is 4.79 Å². The van der Waals surface area contributed by atoms with E-state index >= 15 is 0 Å². The SMILES string of the molecule is CCOC(=O)NC(=S)NN(C)c1cc(C)nc(C)n1. The molecule has 1 amide bonds. The number of hydrogen-bond acceptors (Lipinski definition) is 6. The summed E-state index contributed by atoms with van der Waals surface area (Å²) < 4.78 is 4.72. The molecule has 0 unspecified atom stereocenters. The quantitative estimate of drug-likeness (QED) is 0.634. The average molecular weight is 283 g/mol. The number of alkyl carbamates (subject to hydrolysis) is 1. The second-order valence-electron chi connectivity index (χ2n) is 3.76. The van der Waals surface area contributed by atoms with E-state index in [1.807, 2.05) is 6.92 Å². The molecule has 0 aromatic carbocycles. The van der Waals surface area contributed by atoms with E-state index < -0.39 is 6.09 Å². The van der Waals surface area contributed by atoms with Crippen LogP contribution in [-0.2, 0) is 4.74 Å². The lowest BCUT2D eigenvalue weighted by Gasteiger charge is -2.21. The molecule has 0 atom stereocenters. The van der Waals surface area contributed by atoms with Gasteiger partial charge in [0.05, 0.1) is 6.61 Å². The van der Waals surface area contributed by atoms with Crippen molar-refractivity contribution in [3.05, 3.63) is 17.6 Å². The molecule has 8 heteroatoms. The lowest BCUT2D eigenvalue weighted by molar-refractivity contribution is 0.157. The van der Waals surface area contributed by atoms with Gasteiger partial charge >= 0.3 is 6.09 Å². The fraction of sp³-hybridized carbons (Fsp3) is 0.455.